The third-order valence-electron chi connectivity index (χ3n) is 6.38. The first-order valence-corrected chi connectivity index (χ1v) is 15.8. The van der Waals surface area contributed by atoms with Gasteiger partial charge in [0, 0.05) is 21.5 Å². The van der Waals surface area contributed by atoms with Gasteiger partial charge in [-0.05, 0) is 67.8 Å². The maximum atomic E-state index is 6.51. The molecule has 2 nitrogen and oxygen atoms in total. The highest BCUT2D eigenvalue weighted by Crippen LogP contribution is 2.43. The second-order valence-electron chi connectivity index (χ2n) is 8.95. The Labute approximate surface area is 215 Å². The van der Waals surface area contributed by atoms with E-state index in [-0.39, 0.29) is 0 Å². The molecule has 0 aliphatic heterocycles. The van der Waals surface area contributed by atoms with Gasteiger partial charge in [0.05, 0.1) is 13.2 Å². The van der Waals surface area contributed by atoms with Crippen molar-refractivity contribution >= 4 is 45.1 Å². The van der Waals surface area contributed by atoms with Crippen molar-refractivity contribution in [1.82, 2.24) is 0 Å². The van der Waals surface area contributed by atoms with Gasteiger partial charge in [-0.3, -0.25) is 0 Å². The van der Waals surface area contributed by atoms with Crippen molar-refractivity contribution in [3.8, 4) is 11.5 Å². The highest BCUT2D eigenvalue weighted by Gasteiger charge is 2.16. The molecule has 0 bridgehead atoms. The second-order valence-corrected chi connectivity index (χ2v) is 10.9. The van der Waals surface area contributed by atoms with Crippen molar-refractivity contribution in [1.29, 1.82) is 0 Å². The van der Waals surface area contributed by atoms with E-state index in [0.29, 0.717) is 0 Å². The van der Waals surface area contributed by atoms with E-state index >= 15 is 0 Å². The minimum atomic E-state index is 0.768. The molecule has 0 saturated carbocycles. The third-order valence-corrected chi connectivity index (χ3v) is 7.77. The lowest BCUT2D eigenvalue weighted by atomic mass is 9.98. The zero-order chi connectivity index (χ0) is 24.0. The summed E-state index contributed by atoms with van der Waals surface area (Å²) < 4.78 is 13.0. The van der Waals surface area contributed by atoms with Crippen LogP contribution in [0.25, 0.3) is 21.5 Å². The first kappa shape index (κ1) is 27.1. The third kappa shape index (κ3) is 7.75. The number of hydrogen-bond donors (Lipinski definition) is 0. The molecule has 0 atom stereocenters. The zero-order valence-electron chi connectivity index (χ0n) is 21.4. The Morgan fingerprint density at radius 3 is 1.62 bits per heavy atom. The molecule has 0 radical (unpaired) electrons. The average Bonchev–Trinajstić information content (AvgIpc) is 2.87. The Hall–Kier alpha value is -1.52. The van der Waals surface area contributed by atoms with Gasteiger partial charge < -0.3 is 9.47 Å². The number of ether oxygens (including phenoxy) is 2. The molecule has 3 aromatic carbocycles. The largest absolute Gasteiger partial charge is 0.492 e. The monoisotopic (exact) mass is 498 g/mol. The molecule has 0 aliphatic rings. The molecule has 0 aliphatic carbocycles. The first-order valence-electron chi connectivity index (χ1n) is 13.0. The molecular weight excluding hydrogens is 456 g/mol. The van der Waals surface area contributed by atoms with Crippen molar-refractivity contribution in [2.45, 2.75) is 64.7 Å². The lowest BCUT2D eigenvalue weighted by molar-refractivity contribution is 0.307. The van der Waals surface area contributed by atoms with E-state index in [1.165, 1.54) is 71.8 Å². The molecule has 0 unspecified atom stereocenters. The van der Waals surface area contributed by atoms with Crippen LogP contribution < -0.4 is 9.47 Å². The average molecular weight is 499 g/mol. The van der Waals surface area contributed by atoms with Crippen LogP contribution in [0.3, 0.4) is 0 Å². The Morgan fingerprint density at radius 1 is 0.588 bits per heavy atom. The molecule has 0 fully saturated rings. The van der Waals surface area contributed by atoms with Crippen LogP contribution in [0.4, 0.5) is 0 Å². The number of fused-ring (bicyclic) bond motifs is 2. The Morgan fingerprint density at radius 2 is 1.09 bits per heavy atom. The highest BCUT2D eigenvalue weighted by molar-refractivity contribution is 7.98. The summed E-state index contributed by atoms with van der Waals surface area (Å²) in [5.41, 5.74) is 1.34. The predicted molar refractivity (Wildman–Crippen MR) is 156 cm³/mol. The Kier molecular flexibility index (Phi) is 12.3. The predicted octanol–water partition coefficient (Wildman–Crippen LogP) is 9.16. The molecule has 34 heavy (non-hydrogen) atoms. The van der Waals surface area contributed by atoms with E-state index in [4.69, 9.17) is 9.47 Å². The standard InChI is InChI=1S/C30H42O2S2/c1-4-24-17-18-27-28(23-24)30(32-20-12-6-8-14-22-34-3)26-16-10-9-15-25(26)29(27)31-19-11-5-7-13-21-33-2/h9-10,15-18,23H,4-8,11-14,19-22H2,1-3H3. The Bertz CT molecular complexity index is 1000. The number of benzene rings is 3. The summed E-state index contributed by atoms with van der Waals surface area (Å²) >= 11 is 3.87. The summed E-state index contributed by atoms with van der Waals surface area (Å²) in [6.45, 7) is 3.75. The molecular formula is C30H42O2S2. The molecule has 0 N–H and O–H groups in total. The summed E-state index contributed by atoms with van der Waals surface area (Å²) in [6.07, 6.45) is 15.2. The van der Waals surface area contributed by atoms with Crippen molar-refractivity contribution in [2.75, 3.05) is 37.2 Å². The van der Waals surface area contributed by atoms with Crippen molar-refractivity contribution < 1.29 is 9.47 Å². The van der Waals surface area contributed by atoms with Crippen molar-refractivity contribution in [3.63, 3.8) is 0 Å². The van der Waals surface area contributed by atoms with Gasteiger partial charge >= 0.3 is 0 Å². The summed E-state index contributed by atoms with van der Waals surface area (Å²) in [4.78, 5) is 0. The molecule has 3 rings (SSSR count). The van der Waals surface area contributed by atoms with E-state index in [0.717, 1.165) is 49.4 Å². The fourth-order valence-corrected chi connectivity index (χ4v) is 5.42. The van der Waals surface area contributed by atoms with E-state index in [1.807, 2.05) is 23.5 Å². The van der Waals surface area contributed by atoms with Gasteiger partial charge in [-0.2, -0.15) is 23.5 Å². The lowest BCUT2D eigenvalue weighted by Gasteiger charge is -2.18. The van der Waals surface area contributed by atoms with Gasteiger partial charge in [-0.1, -0.05) is 69.0 Å². The van der Waals surface area contributed by atoms with Crippen LogP contribution in [-0.2, 0) is 6.42 Å². The summed E-state index contributed by atoms with van der Waals surface area (Å²) in [5, 5.41) is 4.70. The highest BCUT2D eigenvalue weighted by atomic mass is 32.2. The Balaban J connectivity index is 1.81. The van der Waals surface area contributed by atoms with Crippen LogP contribution in [-0.4, -0.2) is 37.2 Å². The minimum absolute atomic E-state index is 0.768. The second kappa shape index (κ2) is 15.5. The number of rotatable bonds is 17. The van der Waals surface area contributed by atoms with E-state index in [2.05, 4.69) is 61.9 Å². The maximum Gasteiger partial charge on any atom is 0.135 e. The van der Waals surface area contributed by atoms with Crippen molar-refractivity contribution in [2.24, 2.45) is 0 Å². The van der Waals surface area contributed by atoms with E-state index in [1.54, 1.807) is 0 Å². The molecule has 3 aromatic rings. The molecule has 4 heteroatoms. The van der Waals surface area contributed by atoms with Crippen LogP contribution in [0, 0.1) is 0 Å². The summed E-state index contributed by atoms with van der Waals surface area (Å²) in [6, 6.07) is 15.4. The fourth-order valence-electron chi connectivity index (χ4n) is 4.43. The SMILES string of the molecule is CCc1ccc2c(OCCCCCCSC)c3ccccc3c(OCCCCCCSC)c2c1. The number of unbranched alkanes of at least 4 members (excludes halogenated alkanes) is 6. The van der Waals surface area contributed by atoms with Gasteiger partial charge in [0.25, 0.3) is 0 Å². The topological polar surface area (TPSA) is 18.5 Å². The normalized spacial score (nSPS) is 11.4. The van der Waals surface area contributed by atoms with E-state index in [9.17, 15) is 0 Å². The molecule has 0 aromatic heterocycles. The maximum absolute atomic E-state index is 6.51. The zero-order valence-corrected chi connectivity index (χ0v) is 23.0. The lowest BCUT2D eigenvalue weighted by Crippen LogP contribution is -2.03. The minimum Gasteiger partial charge on any atom is -0.492 e. The van der Waals surface area contributed by atoms with Crippen LogP contribution in [0.2, 0.25) is 0 Å². The van der Waals surface area contributed by atoms with Gasteiger partial charge in [0.15, 0.2) is 0 Å². The number of hydrogen-bond acceptors (Lipinski definition) is 4. The van der Waals surface area contributed by atoms with Crippen molar-refractivity contribution in [3.05, 3.63) is 48.0 Å². The fraction of sp³-hybridized carbons (Fsp3) is 0.533. The summed E-state index contributed by atoms with van der Waals surface area (Å²) in [5.74, 6) is 4.56. The van der Waals surface area contributed by atoms with Crippen LogP contribution in [0.15, 0.2) is 42.5 Å². The van der Waals surface area contributed by atoms with Gasteiger partial charge in [0.1, 0.15) is 11.5 Å². The van der Waals surface area contributed by atoms with Gasteiger partial charge in [-0.25, -0.2) is 0 Å². The molecule has 186 valence electrons. The summed E-state index contributed by atoms with van der Waals surface area (Å²) in [7, 11) is 0. The van der Waals surface area contributed by atoms with Crippen LogP contribution >= 0.6 is 23.5 Å². The molecule has 0 amide bonds. The van der Waals surface area contributed by atoms with E-state index < -0.39 is 0 Å². The van der Waals surface area contributed by atoms with Gasteiger partial charge in [-0.15, -0.1) is 0 Å². The van der Waals surface area contributed by atoms with Crippen LogP contribution in [0.1, 0.15) is 63.9 Å². The quantitative estimate of drug-likeness (QED) is 0.136. The molecule has 0 heterocycles. The smallest absolute Gasteiger partial charge is 0.135 e. The van der Waals surface area contributed by atoms with Crippen LogP contribution in [0.5, 0.6) is 11.5 Å². The first-order chi connectivity index (χ1) is 16.8. The number of thioether (sulfide) groups is 2. The molecule has 0 saturated heterocycles. The van der Waals surface area contributed by atoms with Gasteiger partial charge in [0.2, 0.25) is 0 Å². The molecule has 0 spiro atoms. The number of aryl methyl sites for hydroxylation is 1.